The van der Waals surface area contributed by atoms with Crippen molar-refractivity contribution in [3.8, 4) is 6.07 Å². The van der Waals surface area contributed by atoms with Gasteiger partial charge in [0.25, 0.3) is 5.91 Å². The van der Waals surface area contributed by atoms with E-state index in [9.17, 15) is 35.9 Å². The van der Waals surface area contributed by atoms with Crippen LogP contribution in [0.4, 0.5) is 36.8 Å². The van der Waals surface area contributed by atoms with Crippen LogP contribution in [0.2, 0.25) is 0 Å². The zero-order chi connectivity index (χ0) is 23.8. The van der Waals surface area contributed by atoms with Gasteiger partial charge in [0.1, 0.15) is 0 Å². The number of ether oxygens (including phenoxy) is 1. The van der Waals surface area contributed by atoms with Gasteiger partial charge < -0.3 is 25.0 Å². The zero-order valence-electron chi connectivity index (χ0n) is 16.1. The van der Waals surface area contributed by atoms with Crippen LogP contribution in [-0.4, -0.2) is 66.2 Å². The predicted octanol–water partition coefficient (Wildman–Crippen LogP) is 2.54. The van der Waals surface area contributed by atoms with E-state index in [4.69, 9.17) is 15.1 Å². The summed E-state index contributed by atoms with van der Waals surface area (Å²) in [6.07, 6.45) is -15.4. The van der Waals surface area contributed by atoms with Crippen LogP contribution in [0, 0.1) is 11.3 Å². The fourth-order valence-corrected chi connectivity index (χ4v) is 3.68. The van der Waals surface area contributed by atoms with Gasteiger partial charge in [0, 0.05) is 18.8 Å². The van der Waals surface area contributed by atoms with E-state index in [1.165, 1.54) is 6.07 Å². The van der Waals surface area contributed by atoms with Gasteiger partial charge in [-0.2, -0.15) is 31.6 Å². The van der Waals surface area contributed by atoms with E-state index in [2.05, 4.69) is 5.32 Å². The number of carboxylic acid groups (broad SMARTS) is 1. The van der Waals surface area contributed by atoms with Crippen LogP contribution in [0.1, 0.15) is 17.5 Å². The summed E-state index contributed by atoms with van der Waals surface area (Å²) in [4.78, 5) is 25.0. The number of alkyl halides is 6. The largest absolute Gasteiger partial charge is 0.465 e. The Bertz CT molecular complexity index is 945. The molecule has 3 rings (SSSR count). The standard InChI is InChI=1S/C18H16F6N4O4/c19-17(20,21)12-5-11(2-1-9(12)6-25)28-8-13(32-15(28)18(22,23)24)14(29)27-4-3-10(7-27)26-16(30)31/h1-2,5,10,13,15,26H,3-4,7-8H2,(H,30,31)/t10-,13?,15?/m1/s1. The van der Waals surface area contributed by atoms with Gasteiger partial charge in [-0.15, -0.1) is 0 Å². The number of nitriles is 1. The number of amides is 2. The highest BCUT2D eigenvalue weighted by atomic mass is 19.4. The highest BCUT2D eigenvalue weighted by Gasteiger charge is 2.53. The molecule has 2 aliphatic heterocycles. The van der Waals surface area contributed by atoms with Gasteiger partial charge in [-0.05, 0) is 24.6 Å². The van der Waals surface area contributed by atoms with Crippen molar-refractivity contribution in [2.24, 2.45) is 0 Å². The average Bonchev–Trinajstić information content (AvgIpc) is 3.33. The number of nitrogens with one attached hydrogen (secondary N) is 1. The molecule has 1 aromatic carbocycles. The van der Waals surface area contributed by atoms with E-state index in [0.717, 1.165) is 17.0 Å². The summed E-state index contributed by atoms with van der Waals surface area (Å²) < 4.78 is 85.3. The van der Waals surface area contributed by atoms with Crippen molar-refractivity contribution in [2.75, 3.05) is 24.5 Å². The third kappa shape index (κ3) is 4.82. The van der Waals surface area contributed by atoms with Crippen molar-refractivity contribution in [3.05, 3.63) is 29.3 Å². The molecule has 0 saturated carbocycles. The smallest absolute Gasteiger partial charge is 0.433 e. The average molecular weight is 466 g/mol. The Hall–Kier alpha value is -3.21. The number of benzene rings is 1. The summed E-state index contributed by atoms with van der Waals surface area (Å²) in [7, 11) is 0. The van der Waals surface area contributed by atoms with E-state index in [1.807, 2.05) is 0 Å². The number of nitrogens with zero attached hydrogens (tertiary/aromatic N) is 3. The summed E-state index contributed by atoms with van der Waals surface area (Å²) in [5, 5.41) is 19.8. The van der Waals surface area contributed by atoms with Gasteiger partial charge in [0.2, 0.25) is 6.23 Å². The van der Waals surface area contributed by atoms with Crippen LogP contribution in [0.15, 0.2) is 18.2 Å². The van der Waals surface area contributed by atoms with E-state index >= 15 is 0 Å². The Morgan fingerprint density at radius 1 is 1.19 bits per heavy atom. The maximum Gasteiger partial charge on any atom is 0.433 e. The van der Waals surface area contributed by atoms with Crippen molar-refractivity contribution in [3.63, 3.8) is 0 Å². The van der Waals surface area contributed by atoms with Crippen LogP contribution < -0.4 is 10.2 Å². The molecule has 8 nitrogen and oxygen atoms in total. The lowest BCUT2D eigenvalue weighted by molar-refractivity contribution is -0.214. The minimum atomic E-state index is -5.03. The number of hydrogen-bond acceptors (Lipinski definition) is 5. The van der Waals surface area contributed by atoms with E-state index in [0.29, 0.717) is 11.0 Å². The number of carbonyl (C=O) groups excluding carboxylic acids is 1. The van der Waals surface area contributed by atoms with Crippen molar-refractivity contribution in [1.82, 2.24) is 10.2 Å². The Morgan fingerprint density at radius 2 is 1.88 bits per heavy atom. The monoisotopic (exact) mass is 466 g/mol. The van der Waals surface area contributed by atoms with Crippen LogP contribution in [0.5, 0.6) is 0 Å². The molecule has 1 aromatic rings. The topological polar surface area (TPSA) is 106 Å². The van der Waals surface area contributed by atoms with E-state index < -0.39 is 66.1 Å². The van der Waals surface area contributed by atoms with E-state index in [1.54, 1.807) is 0 Å². The summed E-state index contributed by atoms with van der Waals surface area (Å²) in [6, 6.07) is 2.83. The molecule has 174 valence electrons. The zero-order valence-corrected chi connectivity index (χ0v) is 16.1. The molecule has 0 spiro atoms. The normalized spacial score (nSPS) is 23.8. The van der Waals surface area contributed by atoms with Crippen molar-refractivity contribution < 1.29 is 45.8 Å². The van der Waals surface area contributed by atoms with Gasteiger partial charge in [-0.25, -0.2) is 4.79 Å². The predicted molar refractivity (Wildman–Crippen MR) is 94.4 cm³/mol. The second kappa shape index (κ2) is 8.38. The molecule has 0 aromatic heterocycles. The number of hydrogen-bond donors (Lipinski definition) is 2. The highest BCUT2D eigenvalue weighted by Crippen LogP contribution is 2.39. The first kappa shape index (κ1) is 23.5. The van der Waals surface area contributed by atoms with Gasteiger partial charge in [0.15, 0.2) is 6.10 Å². The fraction of sp³-hybridized carbons (Fsp3) is 0.500. The van der Waals surface area contributed by atoms with Crippen molar-refractivity contribution >= 4 is 17.7 Å². The lowest BCUT2D eigenvalue weighted by atomic mass is 10.1. The molecule has 2 saturated heterocycles. The Kier molecular flexibility index (Phi) is 6.14. The quantitative estimate of drug-likeness (QED) is 0.664. The fourth-order valence-electron chi connectivity index (χ4n) is 3.68. The summed E-state index contributed by atoms with van der Waals surface area (Å²) in [6.45, 7) is -0.675. The Labute approximate surface area is 176 Å². The molecular formula is C18H16F6N4O4. The number of anilines is 1. The molecule has 0 bridgehead atoms. The molecule has 2 unspecified atom stereocenters. The second-order valence-electron chi connectivity index (χ2n) is 7.23. The van der Waals surface area contributed by atoms with Crippen molar-refractivity contribution in [2.45, 2.75) is 37.1 Å². The molecule has 2 amide bonds. The van der Waals surface area contributed by atoms with Gasteiger partial charge in [-0.3, -0.25) is 4.79 Å². The maximum atomic E-state index is 13.6. The first-order valence-electron chi connectivity index (χ1n) is 9.19. The summed E-state index contributed by atoms with van der Waals surface area (Å²) >= 11 is 0. The van der Waals surface area contributed by atoms with Crippen LogP contribution in [0.3, 0.4) is 0 Å². The van der Waals surface area contributed by atoms with Gasteiger partial charge >= 0.3 is 18.4 Å². The SMILES string of the molecule is N#Cc1ccc(N2CC(C(=O)N3CC[C@@H](NC(=O)O)C3)OC2C(F)(F)F)cc1C(F)(F)F. The van der Waals surface area contributed by atoms with Crippen LogP contribution >= 0.6 is 0 Å². The van der Waals surface area contributed by atoms with Gasteiger partial charge in [0.05, 0.1) is 29.8 Å². The minimum absolute atomic E-state index is 0.0727. The number of likely N-dealkylation sites (tertiary alicyclic amines) is 1. The third-order valence-electron chi connectivity index (χ3n) is 5.08. The number of halogens is 6. The maximum absolute atomic E-state index is 13.6. The number of rotatable bonds is 3. The first-order valence-corrected chi connectivity index (χ1v) is 9.19. The lowest BCUT2D eigenvalue weighted by Gasteiger charge is -2.27. The molecule has 0 radical (unpaired) electrons. The van der Waals surface area contributed by atoms with E-state index in [-0.39, 0.29) is 19.5 Å². The minimum Gasteiger partial charge on any atom is -0.465 e. The molecule has 2 heterocycles. The molecule has 2 N–H and O–H groups in total. The first-order chi connectivity index (χ1) is 14.8. The summed E-state index contributed by atoms with van der Waals surface area (Å²) in [5.41, 5.74) is -2.68. The molecule has 14 heteroatoms. The lowest BCUT2D eigenvalue weighted by Crippen LogP contribution is -2.42. The molecule has 2 aliphatic rings. The molecular weight excluding hydrogens is 450 g/mol. The Balaban J connectivity index is 1.85. The van der Waals surface area contributed by atoms with Crippen LogP contribution in [0.25, 0.3) is 0 Å². The molecule has 32 heavy (non-hydrogen) atoms. The summed E-state index contributed by atoms with van der Waals surface area (Å²) in [5.74, 6) is -0.832. The second-order valence-corrected chi connectivity index (χ2v) is 7.23. The third-order valence-corrected chi connectivity index (χ3v) is 5.08. The highest BCUT2D eigenvalue weighted by molar-refractivity contribution is 5.83. The molecule has 0 aliphatic carbocycles. The molecule has 2 fully saturated rings. The van der Waals surface area contributed by atoms with Crippen LogP contribution in [-0.2, 0) is 15.7 Å². The molecule has 3 atom stereocenters. The van der Waals surface area contributed by atoms with Crippen molar-refractivity contribution in [1.29, 1.82) is 5.26 Å². The van der Waals surface area contributed by atoms with Gasteiger partial charge in [-0.1, -0.05) is 0 Å². The number of carbonyl (C=O) groups is 2. The Morgan fingerprint density at radius 3 is 2.44 bits per heavy atom.